The Kier molecular flexibility index (Phi) is 11.8. The molecule has 256 valence electrons. The zero-order valence-electron chi connectivity index (χ0n) is 29.4. The molecule has 2 fully saturated rings. The third kappa shape index (κ3) is 8.58. The third-order valence-corrected chi connectivity index (χ3v) is 9.04. The Morgan fingerprint density at radius 1 is 0.854 bits per heavy atom. The second-order valence-electron chi connectivity index (χ2n) is 13.2. The van der Waals surface area contributed by atoms with Crippen molar-refractivity contribution in [3.05, 3.63) is 83.2 Å². The normalized spacial score (nSPS) is 17.5. The van der Waals surface area contributed by atoms with Gasteiger partial charge in [0.25, 0.3) is 0 Å². The lowest BCUT2D eigenvalue weighted by atomic mass is 10.1. The fraction of sp³-hybridized carbons (Fsp3) is 0.500. The van der Waals surface area contributed by atoms with E-state index in [0.29, 0.717) is 28.8 Å². The summed E-state index contributed by atoms with van der Waals surface area (Å²) in [5, 5.41) is 0. The van der Waals surface area contributed by atoms with E-state index in [9.17, 15) is 9.59 Å². The van der Waals surface area contributed by atoms with Gasteiger partial charge in [0.05, 0.1) is 18.8 Å². The number of aromatic nitrogens is 2. The minimum absolute atomic E-state index is 0.176. The maximum atomic E-state index is 12.7. The lowest BCUT2D eigenvalue weighted by Crippen LogP contribution is -2.37. The summed E-state index contributed by atoms with van der Waals surface area (Å²) >= 11 is 0. The molecule has 10 nitrogen and oxygen atoms in total. The molecule has 0 N–H and O–H groups in total. The van der Waals surface area contributed by atoms with E-state index in [-0.39, 0.29) is 24.1 Å². The first-order valence-electron chi connectivity index (χ1n) is 17.4. The largest absolute Gasteiger partial charge is 0.459 e. The third-order valence-electron chi connectivity index (χ3n) is 9.04. The molecule has 1 atom stereocenters. The maximum absolute atomic E-state index is 12.7. The Morgan fingerprint density at radius 3 is 2.00 bits per heavy atom. The molecule has 2 aromatic heterocycles. The Balaban J connectivity index is 1.20. The lowest BCUT2D eigenvalue weighted by molar-refractivity contribution is -0.541. The lowest BCUT2D eigenvalue weighted by Gasteiger charge is -2.28. The number of hydrogen-bond donors (Lipinski definition) is 0. The number of anilines is 2. The first kappa shape index (κ1) is 35.0. The van der Waals surface area contributed by atoms with Crippen LogP contribution in [0.5, 0.6) is 0 Å². The molecule has 0 spiro atoms. The Bertz CT molecular complexity index is 1590. The number of nitrogens with zero attached hydrogens (tertiary/aromatic N) is 6. The molecule has 0 aliphatic carbocycles. The van der Waals surface area contributed by atoms with Crippen LogP contribution in [0.15, 0.2) is 60.9 Å². The highest BCUT2D eigenvalue weighted by Gasteiger charge is 2.31. The number of benzene rings is 1. The molecule has 3 aromatic rings. The monoisotopic (exact) mass is 655 g/mol. The number of carbonyl (C=O) groups excluding carboxylic acids is 2. The van der Waals surface area contributed by atoms with Crippen LogP contribution < -0.4 is 9.80 Å². The van der Waals surface area contributed by atoms with Crippen molar-refractivity contribution >= 4 is 29.3 Å². The molecule has 0 bridgehead atoms. The van der Waals surface area contributed by atoms with Crippen LogP contribution in [0.25, 0.3) is 0 Å². The van der Waals surface area contributed by atoms with Crippen LogP contribution in [0.2, 0.25) is 0 Å². The van der Waals surface area contributed by atoms with E-state index in [1.54, 1.807) is 30.6 Å². The zero-order valence-corrected chi connectivity index (χ0v) is 29.4. The molecule has 2 aliphatic rings. The van der Waals surface area contributed by atoms with Gasteiger partial charge in [-0.3, -0.25) is 4.90 Å². The summed E-state index contributed by atoms with van der Waals surface area (Å²) in [5.41, 5.74) is 4.97. The van der Waals surface area contributed by atoms with E-state index < -0.39 is 0 Å². The molecule has 0 radical (unpaired) electrons. The standard InChI is InChI=1S/C38H51N6O4/c1-7-41(31-17-21-43(25-31)35-33(11-9-19-39-35)37(45)47-27(3)4)23-29-13-15-30(16-14-29)24-42(8-2)32-18-22-44(26-32)36-34(12-10-20-40-36)38(46)48-28(5)6/h9-16,19-20,27-28,31H,7-8,17-18,21-26H2,1-6H3/q+1. The number of likely N-dealkylation sites (N-methyl/N-ethyl adjacent to an activating group) is 1. The van der Waals surface area contributed by atoms with Gasteiger partial charge >= 0.3 is 11.9 Å². The number of hydrogen-bond acceptors (Lipinski definition) is 9. The van der Waals surface area contributed by atoms with Gasteiger partial charge in [0.15, 0.2) is 12.3 Å². The van der Waals surface area contributed by atoms with Gasteiger partial charge in [-0.25, -0.2) is 24.1 Å². The van der Waals surface area contributed by atoms with Crippen LogP contribution in [0.1, 0.15) is 86.2 Å². The summed E-state index contributed by atoms with van der Waals surface area (Å²) in [6.07, 6.45) is 5.08. The Morgan fingerprint density at radius 2 is 1.44 bits per heavy atom. The van der Waals surface area contributed by atoms with Crippen molar-refractivity contribution < 1.29 is 23.6 Å². The fourth-order valence-corrected chi connectivity index (χ4v) is 6.64. The van der Waals surface area contributed by atoms with Crippen molar-refractivity contribution in [2.24, 2.45) is 0 Å². The summed E-state index contributed by atoms with van der Waals surface area (Å²) in [5.74, 6) is 0.759. The van der Waals surface area contributed by atoms with E-state index in [4.69, 9.17) is 9.47 Å². The van der Waals surface area contributed by atoms with Crippen LogP contribution in [0.3, 0.4) is 0 Å². The average Bonchev–Trinajstić information content (AvgIpc) is 3.77. The van der Waals surface area contributed by atoms with E-state index in [1.807, 2.05) is 33.8 Å². The predicted molar refractivity (Wildman–Crippen MR) is 189 cm³/mol. The van der Waals surface area contributed by atoms with Crippen molar-refractivity contribution in [3.8, 4) is 0 Å². The van der Waals surface area contributed by atoms with Crippen LogP contribution in [-0.2, 0) is 22.6 Å². The van der Waals surface area contributed by atoms with Gasteiger partial charge in [-0.1, -0.05) is 31.2 Å². The maximum Gasteiger partial charge on any atom is 0.342 e. The van der Waals surface area contributed by atoms with Gasteiger partial charge in [0.2, 0.25) is 0 Å². The summed E-state index contributed by atoms with van der Waals surface area (Å²) in [4.78, 5) is 41.6. The summed E-state index contributed by atoms with van der Waals surface area (Å²) in [7, 11) is 0. The minimum Gasteiger partial charge on any atom is -0.459 e. The molecule has 48 heavy (non-hydrogen) atoms. The van der Waals surface area contributed by atoms with E-state index in [2.05, 4.69) is 67.4 Å². The molecule has 2 aliphatic heterocycles. The quantitative estimate of drug-likeness (QED) is 0.173. The minimum atomic E-state index is -0.327. The Labute approximate surface area is 285 Å². The van der Waals surface area contributed by atoms with E-state index in [0.717, 1.165) is 65.2 Å². The Hall–Kier alpha value is -4.31. The molecule has 2 saturated heterocycles. The molecular formula is C38H51N6O4+. The highest BCUT2D eigenvalue weighted by atomic mass is 16.5. The second-order valence-corrected chi connectivity index (χ2v) is 13.2. The molecule has 4 heterocycles. The predicted octanol–water partition coefficient (Wildman–Crippen LogP) is 5.59. The van der Waals surface area contributed by atoms with Gasteiger partial charge in [0.1, 0.15) is 29.3 Å². The van der Waals surface area contributed by atoms with Crippen LogP contribution >= 0.6 is 0 Å². The van der Waals surface area contributed by atoms with E-state index in [1.165, 1.54) is 16.8 Å². The SMILES string of the molecule is CCN(Cc1ccc(C[N+](CC)=C2CCN(c3ncccc3C(=O)OC(C)C)C2)cc1)C1CCN(c2ncccc2C(=O)OC(C)C)C1. The van der Waals surface area contributed by atoms with Crippen LogP contribution in [-0.4, -0.2) is 94.6 Å². The second kappa shape index (κ2) is 16.2. The van der Waals surface area contributed by atoms with Gasteiger partial charge < -0.3 is 19.3 Å². The van der Waals surface area contributed by atoms with Crippen molar-refractivity contribution in [2.75, 3.05) is 49.1 Å². The van der Waals surface area contributed by atoms with Crippen molar-refractivity contribution in [2.45, 2.75) is 85.7 Å². The molecule has 1 unspecified atom stereocenters. The summed E-state index contributed by atoms with van der Waals surface area (Å²) < 4.78 is 13.4. The van der Waals surface area contributed by atoms with Gasteiger partial charge in [0, 0.05) is 56.6 Å². The molecule has 0 amide bonds. The number of ether oxygens (including phenoxy) is 2. The zero-order chi connectivity index (χ0) is 34.2. The summed E-state index contributed by atoms with van der Waals surface area (Å²) in [6.45, 7) is 18.7. The molecule has 1 aromatic carbocycles. The molecular weight excluding hydrogens is 604 g/mol. The van der Waals surface area contributed by atoms with Crippen molar-refractivity contribution in [1.29, 1.82) is 0 Å². The number of pyridine rings is 2. The highest BCUT2D eigenvalue weighted by molar-refractivity contribution is 5.97. The first-order chi connectivity index (χ1) is 23.2. The van der Waals surface area contributed by atoms with Crippen molar-refractivity contribution in [3.63, 3.8) is 0 Å². The smallest absolute Gasteiger partial charge is 0.342 e. The van der Waals surface area contributed by atoms with E-state index >= 15 is 0 Å². The van der Waals surface area contributed by atoms with Crippen molar-refractivity contribution in [1.82, 2.24) is 14.9 Å². The number of esters is 2. The van der Waals surface area contributed by atoms with Crippen LogP contribution in [0.4, 0.5) is 11.6 Å². The van der Waals surface area contributed by atoms with Gasteiger partial charge in [-0.05, 0) is 77.4 Å². The fourth-order valence-electron chi connectivity index (χ4n) is 6.64. The molecule has 5 rings (SSSR count). The highest BCUT2D eigenvalue weighted by Crippen LogP contribution is 2.27. The molecule has 10 heteroatoms. The molecule has 0 saturated carbocycles. The first-order valence-corrected chi connectivity index (χ1v) is 17.4. The van der Waals surface area contributed by atoms with Gasteiger partial charge in [-0.2, -0.15) is 0 Å². The summed E-state index contributed by atoms with van der Waals surface area (Å²) in [6, 6.07) is 16.6. The number of carbonyl (C=O) groups is 2. The number of rotatable bonds is 13. The topological polar surface area (TPSA) is 91.1 Å². The average molecular weight is 656 g/mol. The van der Waals surface area contributed by atoms with Crippen LogP contribution in [0, 0.1) is 0 Å². The van der Waals surface area contributed by atoms with Gasteiger partial charge in [-0.15, -0.1) is 0 Å².